The van der Waals surface area contributed by atoms with Gasteiger partial charge in [0.05, 0.1) is 22.2 Å². The summed E-state index contributed by atoms with van der Waals surface area (Å²) in [5, 5.41) is 7.72. The monoisotopic (exact) mass is 742 g/mol. The van der Waals surface area contributed by atoms with Gasteiger partial charge < -0.3 is 9.30 Å². The van der Waals surface area contributed by atoms with E-state index in [9.17, 15) is 0 Å². The third-order valence-electron chi connectivity index (χ3n) is 11.7. The van der Waals surface area contributed by atoms with Crippen LogP contribution < -0.4 is 4.90 Å². The molecule has 9 aromatic carbocycles. The van der Waals surface area contributed by atoms with Crippen molar-refractivity contribution in [3.63, 3.8) is 0 Å². The zero-order valence-corrected chi connectivity index (χ0v) is 31.7. The fourth-order valence-electron chi connectivity index (χ4n) is 9.08. The Balaban J connectivity index is 0.997. The third-order valence-corrected chi connectivity index (χ3v) is 12.9. The molecule has 0 unspecified atom stereocenters. The van der Waals surface area contributed by atoms with Crippen molar-refractivity contribution in [1.29, 1.82) is 0 Å². The topological polar surface area (TPSA) is 7.65 Å². The molecule has 0 atom stereocenters. The van der Waals surface area contributed by atoms with Gasteiger partial charge in [-0.3, -0.25) is 0 Å². The smallest absolute Gasteiger partial charge is 0.0621 e. The summed E-state index contributed by atoms with van der Waals surface area (Å²) in [6, 6.07) is 75.6. The molecule has 0 spiro atoms. The number of fused-ring (bicyclic) bond motifs is 9. The summed E-state index contributed by atoms with van der Waals surface area (Å²) in [5.41, 5.74) is 14.5. The first-order chi connectivity index (χ1) is 28.3. The lowest BCUT2D eigenvalue weighted by atomic mass is 10.0. The summed E-state index contributed by atoms with van der Waals surface area (Å²) >= 11 is 1.87. The molecule has 266 valence electrons. The predicted octanol–water partition coefficient (Wildman–Crippen LogP) is 15.7. The Morgan fingerprint density at radius 1 is 0.333 bits per heavy atom. The normalized spacial score (nSPS) is 11.9. The number of benzene rings is 9. The van der Waals surface area contributed by atoms with Gasteiger partial charge in [0.15, 0.2) is 0 Å². The van der Waals surface area contributed by atoms with Crippen LogP contribution in [-0.4, -0.2) is 4.40 Å². The lowest BCUT2D eigenvalue weighted by molar-refractivity contribution is 1.29. The van der Waals surface area contributed by atoms with Gasteiger partial charge in [0.1, 0.15) is 0 Å². The van der Waals surface area contributed by atoms with Crippen LogP contribution in [-0.2, 0) is 0 Å². The van der Waals surface area contributed by atoms with Crippen molar-refractivity contribution in [2.75, 3.05) is 4.90 Å². The first kappa shape index (κ1) is 32.1. The number of nitrogens with zero attached hydrogens (tertiary/aromatic N) is 2. The predicted molar refractivity (Wildman–Crippen MR) is 245 cm³/mol. The molecule has 0 saturated carbocycles. The second-order valence-corrected chi connectivity index (χ2v) is 16.0. The van der Waals surface area contributed by atoms with Crippen molar-refractivity contribution >= 4 is 86.7 Å². The molecule has 57 heavy (non-hydrogen) atoms. The third kappa shape index (κ3) is 5.03. The first-order valence-electron chi connectivity index (χ1n) is 19.5. The second-order valence-electron chi connectivity index (χ2n) is 14.9. The number of para-hydroxylation sites is 2. The van der Waals surface area contributed by atoms with Gasteiger partial charge in [0.25, 0.3) is 0 Å². The average Bonchev–Trinajstić information content (AvgIpc) is 3.95. The van der Waals surface area contributed by atoms with E-state index >= 15 is 0 Å². The molecule has 0 aliphatic rings. The highest BCUT2D eigenvalue weighted by molar-refractivity contribution is 7.25. The van der Waals surface area contributed by atoms with E-state index in [1.165, 1.54) is 91.6 Å². The Labute approximate surface area is 334 Å². The van der Waals surface area contributed by atoms with Crippen LogP contribution in [0.15, 0.2) is 206 Å². The van der Waals surface area contributed by atoms with Gasteiger partial charge in [-0.2, -0.15) is 0 Å². The minimum Gasteiger partial charge on any atom is -0.310 e. The van der Waals surface area contributed by atoms with E-state index in [0.29, 0.717) is 0 Å². The van der Waals surface area contributed by atoms with Gasteiger partial charge in [-0.25, -0.2) is 0 Å². The van der Waals surface area contributed by atoms with E-state index in [0.717, 1.165) is 17.1 Å². The number of hydrogen-bond acceptors (Lipinski definition) is 2. The van der Waals surface area contributed by atoms with Crippen LogP contribution in [0.3, 0.4) is 0 Å². The van der Waals surface area contributed by atoms with E-state index in [1.54, 1.807) is 0 Å². The summed E-state index contributed by atoms with van der Waals surface area (Å²) in [5.74, 6) is 0. The van der Waals surface area contributed by atoms with Crippen LogP contribution >= 0.6 is 11.3 Å². The molecule has 3 heterocycles. The van der Waals surface area contributed by atoms with Crippen LogP contribution in [0.1, 0.15) is 0 Å². The first-order valence-corrected chi connectivity index (χ1v) is 20.3. The molecule has 0 aliphatic heterocycles. The van der Waals surface area contributed by atoms with E-state index < -0.39 is 0 Å². The number of rotatable bonds is 6. The van der Waals surface area contributed by atoms with Crippen LogP contribution in [0.4, 0.5) is 17.1 Å². The molecule has 0 radical (unpaired) electrons. The number of thiophene rings is 1. The van der Waals surface area contributed by atoms with Crippen molar-refractivity contribution < 1.29 is 0 Å². The molecule has 3 aromatic heterocycles. The molecule has 0 fully saturated rings. The lowest BCUT2D eigenvalue weighted by Crippen LogP contribution is -2.10. The van der Waals surface area contributed by atoms with Crippen LogP contribution in [0.2, 0.25) is 0 Å². The summed E-state index contributed by atoms with van der Waals surface area (Å²) in [6.07, 6.45) is 0. The summed E-state index contributed by atoms with van der Waals surface area (Å²) < 4.78 is 5.09. The Hall–Kier alpha value is -7.20. The van der Waals surface area contributed by atoms with Crippen LogP contribution in [0, 0.1) is 0 Å². The molecular weight excluding hydrogens is 709 g/mol. The fourth-order valence-corrected chi connectivity index (χ4v) is 10.2. The molecule has 12 rings (SSSR count). The Morgan fingerprint density at radius 2 is 0.877 bits per heavy atom. The Morgan fingerprint density at radius 3 is 1.63 bits per heavy atom. The highest BCUT2D eigenvalue weighted by atomic mass is 32.1. The summed E-state index contributed by atoms with van der Waals surface area (Å²) in [4.78, 5) is 2.44. The van der Waals surface area contributed by atoms with Crippen LogP contribution in [0.25, 0.3) is 91.6 Å². The van der Waals surface area contributed by atoms with E-state index in [-0.39, 0.29) is 0 Å². The Kier molecular flexibility index (Phi) is 7.13. The number of aromatic nitrogens is 1. The summed E-state index contributed by atoms with van der Waals surface area (Å²) in [7, 11) is 0. The van der Waals surface area contributed by atoms with Gasteiger partial charge in [0.2, 0.25) is 0 Å². The van der Waals surface area contributed by atoms with E-state index in [2.05, 4.69) is 216 Å². The van der Waals surface area contributed by atoms with Gasteiger partial charge in [0, 0.05) is 53.1 Å². The molecule has 0 bridgehead atoms. The average molecular weight is 743 g/mol. The van der Waals surface area contributed by atoms with E-state index in [4.69, 9.17) is 0 Å². The highest BCUT2D eigenvalue weighted by Gasteiger charge is 2.23. The SMILES string of the molecule is c1ccc(-c2ccc(N(c3ccc(-c4ccc5sc6cc(-c7ccccc7)ccc6c5c4)cc3)c3cccc4c3c3cccc5c6ccccc6n4c53)cc2)cc1. The lowest BCUT2D eigenvalue weighted by Gasteiger charge is -2.27. The van der Waals surface area contributed by atoms with Crippen molar-refractivity contribution in [3.05, 3.63) is 206 Å². The molecule has 2 nitrogen and oxygen atoms in total. The maximum Gasteiger partial charge on any atom is 0.0621 e. The molecule has 0 aliphatic carbocycles. The fraction of sp³-hybridized carbons (Fsp3) is 0. The molecule has 12 aromatic rings. The minimum atomic E-state index is 1.11. The molecule has 3 heteroatoms. The highest BCUT2D eigenvalue weighted by Crippen LogP contribution is 2.47. The maximum absolute atomic E-state index is 2.46. The second kappa shape index (κ2) is 12.7. The minimum absolute atomic E-state index is 1.11. The summed E-state index contributed by atoms with van der Waals surface area (Å²) in [6.45, 7) is 0. The van der Waals surface area contributed by atoms with Crippen LogP contribution in [0.5, 0.6) is 0 Å². The molecular formula is C54H34N2S. The Bertz CT molecular complexity index is 3430. The van der Waals surface area contributed by atoms with Crippen molar-refractivity contribution in [2.24, 2.45) is 0 Å². The van der Waals surface area contributed by atoms with Crippen molar-refractivity contribution in [3.8, 4) is 33.4 Å². The van der Waals surface area contributed by atoms with E-state index in [1.807, 2.05) is 11.3 Å². The number of anilines is 3. The standard InChI is InChI=1S/C54H34N2S/c1-3-11-35(12-4-1)37-21-27-41(28-22-37)55(49-19-10-20-50-53(49)46-17-9-16-45-43-15-7-8-18-48(43)56(50)54(45)46)42-29-23-38(24-30-42)39-26-32-51-47(33-39)44-31-25-40(34-52(44)57-51)36-13-5-2-6-14-36/h1-34H. The molecule has 0 N–H and O–H groups in total. The zero-order chi connectivity index (χ0) is 37.5. The van der Waals surface area contributed by atoms with Crippen molar-refractivity contribution in [2.45, 2.75) is 0 Å². The van der Waals surface area contributed by atoms with Gasteiger partial charge >= 0.3 is 0 Å². The largest absolute Gasteiger partial charge is 0.310 e. The van der Waals surface area contributed by atoms with Gasteiger partial charge in [-0.1, -0.05) is 146 Å². The van der Waals surface area contributed by atoms with Gasteiger partial charge in [-0.05, 0) is 94.0 Å². The molecule has 0 amide bonds. The quantitative estimate of drug-likeness (QED) is 0.165. The van der Waals surface area contributed by atoms with Gasteiger partial charge in [-0.15, -0.1) is 11.3 Å². The maximum atomic E-state index is 2.46. The number of hydrogen-bond donors (Lipinski definition) is 0. The van der Waals surface area contributed by atoms with Crippen molar-refractivity contribution in [1.82, 2.24) is 4.40 Å². The zero-order valence-electron chi connectivity index (χ0n) is 30.9. The molecule has 0 saturated heterocycles.